The van der Waals surface area contributed by atoms with Crippen molar-refractivity contribution in [3.05, 3.63) is 47.1 Å². The van der Waals surface area contributed by atoms with Gasteiger partial charge in [0.05, 0.1) is 37.4 Å². The van der Waals surface area contributed by atoms with E-state index >= 15 is 0 Å². The number of Topliss-reactive ketones (excluding diaryl/α,β-unsaturated/α-hetero) is 1. The maximum Gasteiger partial charge on any atom is 0.481 e. The number of carbonyl (C=O) groups is 3. The topological polar surface area (TPSA) is 323 Å². The maximum atomic E-state index is 13.9. The Bertz CT molecular complexity index is 1990. The van der Waals surface area contributed by atoms with Crippen molar-refractivity contribution in [2.75, 3.05) is 25.6 Å². The summed E-state index contributed by atoms with van der Waals surface area (Å²) in [6, 6.07) is 1.23. The predicted octanol–water partition coefficient (Wildman–Crippen LogP) is 7.06. The van der Waals surface area contributed by atoms with Crippen LogP contribution in [0.1, 0.15) is 168 Å². The van der Waals surface area contributed by atoms with E-state index in [0.717, 1.165) is 55.2 Å². The Morgan fingerprint density at radius 1 is 0.889 bits per heavy atom. The Labute approximate surface area is 424 Å². The molecule has 2 bridgehead atoms. The van der Waals surface area contributed by atoms with Crippen molar-refractivity contribution < 1.29 is 81.3 Å². The first kappa shape index (κ1) is 63.1. The third-order valence-corrected chi connectivity index (χ3v) is 15.2. The second-order valence-corrected chi connectivity index (χ2v) is 22.3. The van der Waals surface area contributed by atoms with Gasteiger partial charge in [-0.1, -0.05) is 135 Å². The molecule has 21 nitrogen and oxygen atoms in total. The van der Waals surface area contributed by atoms with Gasteiger partial charge in [-0.3, -0.25) is 28.0 Å². The number of nitrogens with two attached hydrogens (primary N) is 1. The van der Waals surface area contributed by atoms with E-state index in [2.05, 4.69) is 23.1 Å². The number of cyclic esters (lactones) is 1. The van der Waals surface area contributed by atoms with E-state index in [1.165, 1.54) is 63.2 Å². The van der Waals surface area contributed by atoms with E-state index in [-0.39, 0.29) is 37.9 Å². The van der Waals surface area contributed by atoms with Crippen molar-refractivity contribution in [2.24, 2.45) is 17.8 Å². The number of nitrogen functional groups attached to an aromatic ring is 1. The van der Waals surface area contributed by atoms with Crippen LogP contribution >= 0.6 is 15.6 Å². The van der Waals surface area contributed by atoms with Crippen LogP contribution in [0.15, 0.2) is 41.4 Å². The molecule has 8 N–H and O–H groups in total. The molecule has 72 heavy (non-hydrogen) atoms. The van der Waals surface area contributed by atoms with Gasteiger partial charge in [-0.25, -0.2) is 13.9 Å². The molecule has 0 aromatic carbocycles. The average Bonchev–Trinajstić information content (AvgIpc) is 3.30. The number of phosphoric acid groups is 2. The number of carbonyl (C=O) groups excluding carboxylic acids is 3. The number of allylic oxidation sites excluding steroid dienone is 2. The highest BCUT2D eigenvalue weighted by molar-refractivity contribution is 7.61. The number of rotatable bonds is 23. The molecule has 2 unspecified atom stereocenters. The molecule has 23 heteroatoms. The summed E-state index contributed by atoms with van der Waals surface area (Å²) in [4.78, 5) is 78.0. The SMILES string of the molecule is CCCCC[C@H](O)C=C[C@H]1C(=O)C[C@H](O)[C@@H]2CC=CCCCC(=O)O[C@H](COC(=O)CCCCCCCCCCCCCC(C)C)COP(=O)(O)OP(=O)(O)OC[C@@H](O[C@H]2n2ccc(N)nc2=O)[C@@H](O)[C@H]1O. The van der Waals surface area contributed by atoms with Crippen molar-refractivity contribution in [1.29, 1.82) is 0 Å². The number of hydrogen-bond donors (Lipinski definition) is 7. The second-order valence-electron chi connectivity index (χ2n) is 19.3. The number of aliphatic hydroxyl groups is 4. The van der Waals surface area contributed by atoms with Gasteiger partial charge in [0, 0.05) is 31.4 Å². The van der Waals surface area contributed by atoms with Crippen LogP contribution < -0.4 is 11.4 Å². The van der Waals surface area contributed by atoms with Crippen LogP contribution in [0.5, 0.6) is 0 Å². The van der Waals surface area contributed by atoms with Crippen molar-refractivity contribution in [1.82, 2.24) is 9.55 Å². The van der Waals surface area contributed by atoms with Crippen LogP contribution in [0.4, 0.5) is 5.82 Å². The largest absolute Gasteiger partial charge is 0.481 e. The van der Waals surface area contributed by atoms with Gasteiger partial charge in [-0.05, 0) is 44.1 Å². The highest BCUT2D eigenvalue weighted by atomic mass is 31.3. The van der Waals surface area contributed by atoms with Crippen LogP contribution in [-0.4, -0.2) is 114 Å². The Kier molecular flexibility index (Phi) is 29.5. The molecule has 3 rings (SSSR count). The lowest BCUT2D eigenvalue weighted by atomic mass is 9.83. The normalized spacial score (nSPS) is 29.2. The van der Waals surface area contributed by atoms with E-state index in [9.17, 15) is 58.5 Å². The summed E-state index contributed by atoms with van der Waals surface area (Å²) >= 11 is 0. The zero-order valence-electron chi connectivity index (χ0n) is 42.4. The number of nitrogens with zero attached hydrogens (tertiary/aromatic N) is 2. The third-order valence-electron chi connectivity index (χ3n) is 12.6. The summed E-state index contributed by atoms with van der Waals surface area (Å²) in [5, 5.41) is 45.6. The summed E-state index contributed by atoms with van der Waals surface area (Å²) in [5.74, 6) is -4.45. The number of fused-ring (bicyclic) bond motifs is 3. The van der Waals surface area contributed by atoms with Crippen molar-refractivity contribution in [3.63, 3.8) is 0 Å². The molecule has 1 aromatic heterocycles. The van der Waals surface area contributed by atoms with E-state index < -0.39 is 120 Å². The number of anilines is 1. The fourth-order valence-electron chi connectivity index (χ4n) is 8.43. The van der Waals surface area contributed by atoms with Gasteiger partial charge in [0.25, 0.3) is 0 Å². The number of phosphoric ester groups is 2. The first-order chi connectivity index (χ1) is 34.2. The second kappa shape index (κ2) is 33.7. The Morgan fingerprint density at radius 2 is 1.51 bits per heavy atom. The molecular weight excluding hydrogens is 980 g/mol. The van der Waals surface area contributed by atoms with Crippen LogP contribution in [-0.2, 0) is 51.1 Å². The molecule has 1 aromatic rings. The lowest BCUT2D eigenvalue weighted by Gasteiger charge is -2.39. The summed E-state index contributed by atoms with van der Waals surface area (Å²) in [5.41, 5.74) is 4.74. The van der Waals surface area contributed by atoms with Crippen molar-refractivity contribution >= 4 is 39.2 Å². The Morgan fingerprint density at radius 3 is 2.15 bits per heavy atom. The van der Waals surface area contributed by atoms with E-state index in [0.29, 0.717) is 19.3 Å². The van der Waals surface area contributed by atoms with Crippen molar-refractivity contribution in [2.45, 2.75) is 205 Å². The monoisotopic (exact) mass is 1060 g/mol. The summed E-state index contributed by atoms with van der Waals surface area (Å²) < 4.78 is 58.8. The molecule has 412 valence electrons. The highest BCUT2D eigenvalue weighted by Crippen LogP contribution is 2.60. The van der Waals surface area contributed by atoms with Crippen LogP contribution in [0.2, 0.25) is 0 Å². The molecule has 0 amide bonds. The molecule has 11 atom stereocenters. The highest BCUT2D eigenvalue weighted by Gasteiger charge is 2.45. The fraction of sp³-hybridized carbons (Fsp3) is 0.776. The standard InChI is InChI=1S/C49H83N3O18P2/c1-4-5-17-23-36(53)27-28-38-40(54)31-41(55)39-24-19-15-16-21-26-45(57)68-37(32-65-44(56)25-20-14-12-10-8-6-7-9-11-13-18-22-35(2)3)33-66-71(61,62)70-72(63,64)67-34-42(47(59)46(38)58)69-48(39)52-30-29-43(50)51-49(52)60/h15,19,27-30,35-39,41-42,46-48,53,55,58-59H,4-14,16-18,20-26,31-34H2,1-3H3,(H,61,62)(H,63,64)(H2,50,51,60)/t36-,37+,38-,39-,41-,42+,46-,47+,48+/m0/s1. The zero-order chi connectivity index (χ0) is 53.1. The number of esters is 2. The Balaban J connectivity index is 1.79. The van der Waals surface area contributed by atoms with Gasteiger partial charge in [-0.15, -0.1) is 0 Å². The lowest BCUT2D eigenvalue weighted by molar-refractivity contribution is -0.186. The average molecular weight is 1060 g/mol. The van der Waals surface area contributed by atoms with Crippen molar-refractivity contribution in [3.8, 4) is 0 Å². The molecule has 1 fully saturated rings. The number of aromatic nitrogens is 2. The minimum atomic E-state index is -5.72. The number of ether oxygens (including phenoxy) is 3. The predicted molar refractivity (Wildman–Crippen MR) is 267 cm³/mol. The molecule has 0 aliphatic carbocycles. The summed E-state index contributed by atoms with van der Waals surface area (Å²) in [7, 11) is -11.3. The number of hydrogen-bond acceptors (Lipinski definition) is 18. The van der Waals surface area contributed by atoms with Crippen LogP contribution in [0, 0.1) is 17.8 Å². The summed E-state index contributed by atoms with van der Waals surface area (Å²) in [6.07, 6.45) is 10.4. The zero-order valence-corrected chi connectivity index (χ0v) is 44.2. The molecule has 2 aliphatic heterocycles. The molecule has 2 aliphatic rings. The molecule has 0 saturated carbocycles. The van der Waals surface area contributed by atoms with Gasteiger partial charge >= 0.3 is 33.3 Å². The van der Waals surface area contributed by atoms with Gasteiger partial charge in [0.2, 0.25) is 0 Å². The van der Waals surface area contributed by atoms with Crippen LogP contribution in [0.25, 0.3) is 0 Å². The van der Waals surface area contributed by atoms with E-state index in [1.807, 2.05) is 6.92 Å². The molecule has 1 saturated heterocycles. The maximum absolute atomic E-state index is 13.9. The minimum absolute atomic E-state index is 0.0788. The van der Waals surface area contributed by atoms with Gasteiger partial charge in [0.1, 0.15) is 36.6 Å². The van der Waals surface area contributed by atoms with E-state index in [4.69, 9.17) is 29.0 Å². The first-order valence-electron chi connectivity index (χ1n) is 25.8. The molecular formula is C49H83N3O18P2. The van der Waals surface area contributed by atoms with Crippen LogP contribution in [0.3, 0.4) is 0 Å². The molecule has 0 radical (unpaired) electrons. The number of ketones is 1. The van der Waals surface area contributed by atoms with Gasteiger partial charge in [0.15, 0.2) is 6.10 Å². The van der Waals surface area contributed by atoms with Gasteiger partial charge < -0.3 is 50.2 Å². The van der Waals surface area contributed by atoms with Gasteiger partial charge in [-0.2, -0.15) is 9.29 Å². The number of aliphatic hydroxyl groups excluding tert-OH is 4. The molecule has 0 spiro atoms. The molecule has 3 heterocycles. The first-order valence-corrected chi connectivity index (χ1v) is 28.8. The minimum Gasteiger partial charge on any atom is -0.462 e. The smallest absolute Gasteiger partial charge is 0.462 e. The third kappa shape index (κ3) is 24.9. The fourth-order valence-corrected chi connectivity index (χ4v) is 10.5. The number of unbranched alkanes of at least 4 members (excludes halogenated alkanes) is 12. The quantitative estimate of drug-likeness (QED) is 0.0250. The lowest BCUT2D eigenvalue weighted by Crippen LogP contribution is -2.51. The summed E-state index contributed by atoms with van der Waals surface area (Å²) in [6.45, 7) is 3.74. The Hall–Kier alpha value is -3.17. The van der Waals surface area contributed by atoms with E-state index in [1.54, 1.807) is 12.2 Å².